The molecule has 11 heteroatoms. The van der Waals surface area contributed by atoms with Gasteiger partial charge in [-0.2, -0.15) is 13.2 Å². The zero-order valence-electron chi connectivity index (χ0n) is 15.9. The second kappa shape index (κ2) is 8.56. The summed E-state index contributed by atoms with van der Waals surface area (Å²) in [5.74, 6) is -1.04. The molecule has 2 heterocycles. The molecule has 3 rings (SSSR count). The van der Waals surface area contributed by atoms with Gasteiger partial charge in [0.2, 0.25) is 5.91 Å². The van der Waals surface area contributed by atoms with Crippen molar-refractivity contribution < 1.29 is 27.5 Å². The molecule has 1 amide bonds. The molecule has 0 fully saturated rings. The van der Waals surface area contributed by atoms with Gasteiger partial charge in [0.25, 0.3) is 0 Å². The lowest BCUT2D eigenvalue weighted by Crippen LogP contribution is -2.43. The van der Waals surface area contributed by atoms with Crippen molar-refractivity contribution in [3.8, 4) is 0 Å². The fraction of sp³-hybridized carbons (Fsp3) is 0.368. The van der Waals surface area contributed by atoms with Crippen LogP contribution in [-0.4, -0.2) is 41.2 Å². The highest BCUT2D eigenvalue weighted by atomic mass is 19.4. The van der Waals surface area contributed by atoms with Crippen LogP contribution in [0.1, 0.15) is 23.1 Å². The number of aryl methyl sites for hydroxylation is 1. The molecule has 1 aliphatic heterocycles. The normalized spacial score (nSPS) is 15.3. The summed E-state index contributed by atoms with van der Waals surface area (Å²) in [5.41, 5.74) is -1.29. The lowest BCUT2D eigenvalue weighted by Gasteiger charge is -2.18. The van der Waals surface area contributed by atoms with Gasteiger partial charge in [-0.25, -0.2) is 14.8 Å². The Labute approximate surface area is 169 Å². The number of hydrogen-bond acceptors (Lipinski definition) is 7. The monoisotopic (exact) mass is 421 g/mol. The standard InChI is InChI=1S/C19H18F3N5O3/c1-30-17(29)15(25-16(28)7-4-13-9-23-11-24-10-13)8-12-2-5-14(6-3-12)18(26-27-18)19(20,21)22/h2-3,5-6,9-11,15H,4,7-8H2,1H3,(H,25,28). The number of nitrogens with one attached hydrogen (secondary N) is 1. The molecule has 1 aromatic carbocycles. The third kappa shape index (κ3) is 4.78. The zero-order valence-corrected chi connectivity index (χ0v) is 15.9. The number of rotatable bonds is 8. The average Bonchev–Trinajstić information content (AvgIpc) is 3.55. The molecule has 1 aromatic heterocycles. The quantitative estimate of drug-likeness (QED) is 0.660. The van der Waals surface area contributed by atoms with Crippen molar-refractivity contribution in [2.75, 3.05) is 7.11 Å². The summed E-state index contributed by atoms with van der Waals surface area (Å²) in [5, 5.41) is 8.90. The van der Waals surface area contributed by atoms with Crippen molar-refractivity contribution >= 4 is 11.9 Å². The Balaban J connectivity index is 1.62. The molecule has 158 valence electrons. The molecule has 0 saturated heterocycles. The molecule has 1 atom stereocenters. The average molecular weight is 421 g/mol. The van der Waals surface area contributed by atoms with E-state index in [1.54, 1.807) is 12.4 Å². The minimum atomic E-state index is -4.61. The number of carbonyl (C=O) groups is 2. The van der Waals surface area contributed by atoms with Crippen LogP contribution in [0, 0.1) is 0 Å². The second-order valence-electron chi connectivity index (χ2n) is 6.66. The van der Waals surface area contributed by atoms with Crippen LogP contribution in [-0.2, 0) is 32.8 Å². The number of halogens is 3. The Kier molecular flexibility index (Phi) is 6.09. The molecule has 0 spiro atoms. The SMILES string of the molecule is COC(=O)C(Cc1ccc(C2(C(F)(F)F)N=N2)cc1)NC(=O)CCc1cncnc1. The third-order valence-electron chi connectivity index (χ3n) is 4.57. The minimum Gasteiger partial charge on any atom is -0.467 e. The van der Waals surface area contributed by atoms with Gasteiger partial charge in [0.15, 0.2) is 0 Å². The number of methoxy groups -OCH3 is 1. The van der Waals surface area contributed by atoms with Crippen LogP contribution in [0.5, 0.6) is 0 Å². The Morgan fingerprint density at radius 1 is 1.10 bits per heavy atom. The molecule has 1 aliphatic rings. The first kappa shape index (κ1) is 21.3. The lowest BCUT2D eigenvalue weighted by atomic mass is 9.98. The van der Waals surface area contributed by atoms with Crippen molar-refractivity contribution in [2.24, 2.45) is 10.2 Å². The highest BCUT2D eigenvalue weighted by Crippen LogP contribution is 2.52. The summed E-state index contributed by atoms with van der Waals surface area (Å²) >= 11 is 0. The summed E-state index contributed by atoms with van der Waals surface area (Å²) < 4.78 is 44.0. The fourth-order valence-corrected chi connectivity index (χ4v) is 2.87. The van der Waals surface area contributed by atoms with E-state index in [1.807, 2.05) is 0 Å². The van der Waals surface area contributed by atoms with E-state index in [4.69, 9.17) is 4.74 Å². The second-order valence-corrected chi connectivity index (χ2v) is 6.66. The maximum Gasteiger partial charge on any atom is 0.442 e. The predicted octanol–water partition coefficient (Wildman–Crippen LogP) is 2.49. The number of hydrogen-bond donors (Lipinski definition) is 1. The van der Waals surface area contributed by atoms with E-state index in [0.29, 0.717) is 12.0 Å². The smallest absolute Gasteiger partial charge is 0.442 e. The predicted molar refractivity (Wildman–Crippen MR) is 97.0 cm³/mol. The van der Waals surface area contributed by atoms with E-state index in [1.165, 1.54) is 37.7 Å². The van der Waals surface area contributed by atoms with Crippen LogP contribution in [0.25, 0.3) is 0 Å². The molecule has 2 aromatic rings. The van der Waals surface area contributed by atoms with Crippen LogP contribution < -0.4 is 5.32 Å². The van der Waals surface area contributed by atoms with Gasteiger partial charge in [0, 0.05) is 30.8 Å². The van der Waals surface area contributed by atoms with E-state index in [9.17, 15) is 22.8 Å². The summed E-state index contributed by atoms with van der Waals surface area (Å²) in [7, 11) is 1.19. The third-order valence-corrected chi connectivity index (χ3v) is 4.57. The molecular weight excluding hydrogens is 403 g/mol. The molecule has 0 bridgehead atoms. The first-order chi connectivity index (χ1) is 14.2. The Bertz CT molecular complexity index is 927. The van der Waals surface area contributed by atoms with Crippen molar-refractivity contribution in [3.63, 3.8) is 0 Å². The largest absolute Gasteiger partial charge is 0.467 e. The molecule has 30 heavy (non-hydrogen) atoms. The van der Waals surface area contributed by atoms with Crippen LogP contribution in [0.4, 0.5) is 13.2 Å². The van der Waals surface area contributed by atoms with Gasteiger partial charge in [-0.3, -0.25) is 4.79 Å². The van der Waals surface area contributed by atoms with Crippen LogP contribution in [0.15, 0.2) is 53.2 Å². The number of nitrogens with zero attached hydrogens (tertiary/aromatic N) is 4. The Hall–Kier alpha value is -3.37. The number of carbonyl (C=O) groups excluding carboxylic acids is 2. The number of amides is 1. The molecule has 1 N–H and O–H groups in total. The Morgan fingerprint density at radius 2 is 1.73 bits per heavy atom. The highest BCUT2D eigenvalue weighted by molar-refractivity contribution is 5.84. The first-order valence-corrected chi connectivity index (χ1v) is 8.96. The summed E-state index contributed by atoms with van der Waals surface area (Å²) in [6.07, 6.45) is 0.502. The minimum absolute atomic E-state index is 0.0560. The highest BCUT2D eigenvalue weighted by Gasteiger charge is 2.65. The zero-order chi connectivity index (χ0) is 21.8. The van der Waals surface area contributed by atoms with Crippen LogP contribution in [0.3, 0.4) is 0 Å². The maximum absolute atomic E-state index is 13.1. The number of esters is 1. The molecule has 0 saturated carbocycles. The van der Waals surface area contributed by atoms with Gasteiger partial charge in [0.05, 0.1) is 7.11 Å². The van der Waals surface area contributed by atoms with Crippen molar-refractivity contribution in [1.29, 1.82) is 0 Å². The lowest BCUT2D eigenvalue weighted by molar-refractivity contribution is -0.166. The molecular formula is C19H18F3N5O3. The maximum atomic E-state index is 13.1. The first-order valence-electron chi connectivity index (χ1n) is 8.96. The molecule has 8 nitrogen and oxygen atoms in total. The molecule has 0 radical (unpaired) electrons. The fourth-order valence-electron chi connectivity index (χ4n) is 2.87. The Morgan fingerprint density at radius 3 is 2.27 bits per heavy atom. The van der Waals surface area contributed by atoms with Crippen molar-refractivity contribution in [2.45, 2.75) is 37.1 Å². The van der Waals surface area contributed by atoms with Gasteiger partial charge >= 0.3 is 17.8 Å². The van der Waals surface area contributed by atoms with Crippen molar-refractivity contribution in [3.05, 3.63) is 59.7 Å². The van der Waals surface area contributed by atoms with E-state index in [2.05, 4.69) is 25.5 Å². The van der Waals surface area contributed by atoms with Crippen LogP contribution in [0.2, 0.25) is 0 Å². The van der Waals surface area contributed by atoms with Gasteiger partial charge < -0.3 is 10.1 Å². The van der Waals surface area contributed by atoms with E-state index in [0.717, 1.165) is 5.56 Å². The van der Waals surface area contributed by atoms with E-state index in [-0.39, 0.29) is 24.3 Å². The van der Waals surface area contributed by atoms with Crippen LogP contribution >= 0.6 is 0 Å². The molecule has 0 aliphatic carbocycles. The summed E-state index contributed by atoms with van der Waals surface area (Å²) in [6.45, 7) is 0. The van der Waals surface area contributed by atoms with Gasteiger partial charge in [-0.15, -0.1) is 10.2 Å². The molecule has 1 unspecified atom stereocenters. The summed E-state index contributed by atoms with van der Waals surface area (Å²) in [6, 6.07) is 4.42. The van der Waals surface area contributed by atoms with Gasteiger partial charge in [-0.05, 0) is 17.5 Å². The van der Waals surface area contributed by atoms with Gasteiger partial charge in [-0.1, -0.05) is 24.3 Å². The number of ether oxygens (including phenoxy) is 1. The number of benzene rings is 1. The number of aromatic nitrogens is 2. The van der Waals surface area contributed by atoms with E-state index >= 15 is 0 Å². The van der Waals surface area contributed by atoms with E-state index < -0.39 is 23.9 Å². The number of alkyl halides is 3. The summed E-state index contributed by atoms with van der Waals surface area (Å²) in [4.78, 5) is 32.0. The van der Waals surface area contributed by atoms with Gasteiger partial charge in [0.1, 0.15) is 12.4 Å². The van der Waals surface area contributed by atoms with Crippen molar-refractivity contribution in [1.82, 2.24) is 15.3 Å². The topological polar surface area (TPSA) is 106 Å².